The fourth-order valence-electron chi connectivity index (χ4n) is 4.58. The van der Waals surface area contributed by atoms with Gasteiger partial charge < -0.3 is 10.2 Å². The Balaban J connectivity index is 1.70. The number of rotatable bonds is 1. The van der Waals surface area contributed by atoms with Gasteiger partial charge in [-0.15, -0.1) is 0 Å². The Labute approximate surface area is 146 Å². The van der Waals surface area contributed by atoms with Crippen LogP contribution in [0.1, 0.15) is 17.0 Å². The number of hydrogen-bond acceptors (Lipinski definition) is 2. The zero-order valence-electron chi connectivity index (χ0n) is 12.8. The van der Waals surface area contributed by atoms with Gasteiger partial charge in [0.15, 0.2) is 0 Å². The van der Waals surface area contributed by atoms with Crippen LogP contribution in [0.25, 0.3) is 11.1 Å². The topological polar surface area (TPSA) is 15.3 Å². The molecule has 0 aliphatic carbocycles. The van der Waals surface area contributed by atoms with Crippen LogP contribution in [0.15, 0.2) is 30.3 Å². The van der Waals surface area contributed by atoms with Crippen LogP contribution in [0, 0.1) is 5.92 Å². The van der Waals surface area contributed by atoms with Crippen LogP contribution in [0.5, 0.6) is 0 Å². The van der Waals surface area contributed by atoms with Crippen LogP contribution >= 0.6 is 23.2 Å². The average molecular weight is 345 g/mol. The van der Waals surface area contributed by atoms with Gasteiger partial charge in [0.05, 0.1) is 0 Å². The summed E-state index contributed by atoms with van der Waals surface area (Å²) >= 11 is 12.5. The zero-order valence-corrected chi connectivity index (χ0v) is 14.3. The third-order valence-corrected chi connectivity index (χ3v) is 6.17. The molecule has 2 aromatic rings. The van der Waals surface area contributed by atoms with E-state index in [1.807, 2.05) is 18.2 Å². The smallest absolute Gasteiger partial charge is 0.0499 e. The van der Waals surface area contributed by atoms with E-state index in [-0.39, 0.29) is 0 Å². The maximum absolute atomic E-state index is 6.46. The molecule has 5 rings (SSSR count). The van der Waals surface area contributed by atoms with Gasteiger partial charge in [-0.3, -0.25) is 0 Å². The highest BCUT2D eigenvalue weighted by Crippen LogP contribution is 2.47. The fraction of sp³-hybridized carbons (Fsp3) is 0.368. The van der Waals surface area contributed by atoms with Crippen LogP contribution in [-0.2, 0) is 6.42 Å². The Hall–Kier alpha value is -1.22. The molecule has 3 aliphatic heterocycles. The van der Waals surface area contributed by atoms with Gasteiger partial charge in [-0.05, 0) is 53.3 Å². The summed E-state index contributed by atoms with van der Waals surface area (Å²) in [6.07, 6.45) is 1.15. The Morgan fingerprint density at radius 1 is 1.09 bits per heavy atom. The summed E-state index contributed by atoms with van der Waals surface area (Å²) in [7, 11) is 0. The van der Waals surface area contributed by atoms with E-state index in [1.165, 1.54) is 28.9 Å². The third-order valence-electron chi connectivity index (χ3n) is 5.62. The van der Waals surface area contributed by atoms with Crippen LogP contribution in [0.2, 0.25) is 10.0 Å². The van der Waals surface area contributed by atoms with Gasteiger partial charge in [-0.25, -0.2) is 0 Å². The standard InChI is InChI=1S/C19H18Cl2N2/c20-14-1-2-15(18(21)7-14)12-5-11-3-4-23-10-13-8-22-9-17(13)16(6-12)19(11)23/h1-2,5-7,13,17,22H,3-4,8-10H2/t13-,17-/m0/s1. The molecule has 1 N–H and O–H groups in total. The van der Waals surface area contributed by atoms with Crippen molar-refractivity contribution in [2.75, 3.05) is 31.1 Å². The quantitative estimate of drug-likeness (QED) is 0.827. The largest absolute Gasteiger partial charge is 0.370 e. The molecule has 118 valence electrons. The molecule has 2 atom stereocenters. The van der Waals surface area contributed by atoms with Crippen molar-refractivity contribution in [3.63, 3.8) is 0 Å². The first-order valence-electron chi connectivity index (χ1n) is 8.28. The lowest BCUT2D eigenvalue weighted by Gasteiger charge is -2.35. The van der Waals surface area contributed by atoms with Crippen LogP contribution in [0.4, 0.5) is 5.69 Å². The van der Waals surface area contributed by atoms with Crippen molar-refractivity contribution in [1.29, 1.82) is 0 Å². The Morgan fingerprint density at radius 3 is 2.87 bits per heavy atom. The van der Waals surface area contributed by atoms with Gasteiger partial charge in [0, 0.05) is 53.4 Å². The van der Waals surface area contributed by atoms with E-state index in [4.69, 9.17) is 23.2 Å². The number of anilines is 1. The molecule has 0 unspecified atom stereocenters. The molecule has 3 heterocycles. The predicted molar refractivity (Wildman–Crippen MR) is 96.9 cm³/mol. The van der Waals surface area contributed by atoms with Gasteiger partial charge in [0.25, 0.3) is 0 Å². The summed E-state index contributed by atoms with van der Waals surface area (Å²) in [6, 6.07) is 10.5. The van der Waals surface area contributed by atoms with Gasteiger partial charge >= 0.3 is 0 Å². The molecule has 2 nitrogen and oxygen atoms in total. The minimum atomic E-state index is 0.643. The number of nitrogens with zero attached hydrogens (tertiary/aromatic N) is 1. The third kappa shape index (κ3) is 2.12. The highest BCUT2D eigenvalue weighted by molar-refractivity contribution is 6.36. The average Bonchev–Trinajstić information content (AvgIpc) is 3.15. The van der Waals surface area contributed by atoms with Crippen LogP contribution in [-0.4, -0.2) is 26.2 Å². The zero-order chi connectivity index (χ0) is 15.6. The van der Waals surface area contributed by atoms with E-state index >= 15 is 0 Å². The van der Waals surface area contributed by atoms with Gasteiger partial charge in [0.2, 0.25) is 0 Å². The summed E-state index contributed by atoms with van der Waals surface area (Å²) in [5, 5.41) is 5.00. The van der Waals surface area contributed by atoms with Crippen molar-refractivity contribution in [2.45, 2.75) is 12.3 Å². The maximum Gasteiger partial charge on any atom is 0.0499 e. The van der Waals surface area contributed by atoms with Crippen molar-refractivity contribution < 1.29 is 0 Å². The molecule has 3 aliphatic rings. The molecule has 0 saturated carbocycles. The molecular formula is C19H18Cl2N2. The SMILES string of the molecule is Clc1ccc(-c2cc3c4c(c2)[C@H]2CNC[C@H]2CN4CC3)c(Cl)c1. The molecule has 0 spiro atoms. The van der Waals surface area contributed by atoms with E-state index in [9.17, 15) is 0 Å². The summed E-state index contributed by atoms with van der Waals surface area (Å²) < 4.78 is 0. The minimum Gasteiger partial charge on any atom is -0.370 e. The second kappa shape index (κ2) is 5.14. The first kappa shape index (κ1) is 14.2. The molecule has 2 aromatic carbocycles. The van der Waals surface area contributed by atoms with Crippen LogP contribution < -0.4 is 10.2 Å². The van der Waals surface area contributed by atoms with Crippen molar-refractivity contribution in [2.24, 2.45) is 5.92 Å². The Morgan fingerprint density at radius 2 is 2.00 bits per heavy atom. The van der Waals surface area contributed by atoms with Crippen molar-refractivity contribution in [1.82, 2.24) is 5.32 Å². The first-order chi connectivity index (χ1) is 11.2. The second-order valence-corrected chi connectivity index (χ2v) is 7.76. The van der Waals surface area contributed by atoms with Crippen LogP contribution in [0.3, 0.4) is 0 Å². The van der Waals surface area contributed by atoms with Crippen molar-refractivity contribution in [3.05, 3.63) is 51.5 Å². The highest BCUT2D eigenvalue weighted by Gasteiger charge is 2.39. The predicted octanol–water partition coefficient (Wildman–Crippen LogP) is 4.34. The van der Waals surface area contributed by atoms with Gasteiger partial charge in [-0.2, -0.15) is 0 Å². The van der Waals surface area contributed by atoms with E-state index in [1.54, 1.807) is 0 Å². The lowest BCUT2D eigenvalue weighted by molar-refractivity contribution is 0.491. The number of benzene rings is 2. The van der Waals surface area contributed by atoms with E-state index in [0.717, 1.165) is 42.6 Å². The lowest BCUT2D eigenvalue weighted by Crippen LogP contribution is -2.35. The lowest BCUT2D eigenvalue weighted by atomic mass is 9.82. The molecule has 0 radical (unpaired) electrons. The first-order valence-corrected chi connectivity index (χ1v) is 9.04. The van der Waals surface area contributed by atoms with Crippen molar-refractivity contribution >= 4 is 28.9 Å². The summed E-state index contributed by atoms with van der Waals surface area (Å²) in [4.78, 5) is 2.59. The minimum absolute atomic E-state index is 0.643. The molecular weight excluding hydrogens is 327 g/mol. The number of hydrogen-bond donors (Lipinski definition) is 1. The van der Waals surface area contributed by atoms with Gasteiger partial charge in [-0.1, -0.05) is 29.3 Å². The summed E-state index contributed by atoms with van der Waals surface area (Å²) in [6.45, 7) is 4.60. The number of nitrogens with one attached hydrogen (secondary N) is 1. The Bertz CT molecular complexity index is 802. The highest BCUT2D eigenvalue weighted by atomic mass is 35.5. The monoisotopic (exact) mass is 344 g/mol. The molecule has 23 heavy (non-hydrogen) atoms. The molecule has 0 aromatic heterocycles. The van der Waals surface area contributed by atoms with E-state index < -0.39 is 0 Å². The Kier molecular flexibility index (Phi) is 3.16. The van der Waals surface area contributed by atoms with Gasteiger partial charge in [0.1, 0.15) is 0 Å². The molecule has 0 bridgehead atoms. The van der Waals surface area contributed by atoms with Crippen molar-refractivity contribution in [3.8, 4) is 11.1 Å². The normalized spacial score (nSPS) is 24.7. The molecule has 1 fully saturated rings. The molecule has 4 heteroatoms. The number of fused-ring (bicyclic) bond motifs is 2. The summed E-state index contributed by atoms with van der Waals surface area (Å²) in [5.41, 5.74) is 6.82. The molecule has 1 saturated heterocycles. The van der Waals surface area contributed by atoms with E-state index in [2.05, 4.69) is 22.3 Å². The fourth-order valence-corrected chi connectivity index (χ4v) is 5.10. The maximum atomic E-state index is 6.46. The molecule has 0 amide bonds. The second-order valence-electron chi connectivity index (χ2n) is 6.92. The number of halogens is 2. The summed E-state index contributed by atoms with van der Waals surface area (Å²) in [5.74, 6) is 1.38. The van der Waals surface area contributed by atoms with E-state index in [0.29, 0.717) is 10.9 Å².